The summed E-state index contributed by atoms with van der Waals surface area (Å²) in [5, 5.41) is 20.1. The van der Waals surface area contributed by atoms with E-state index in [1.807, 2.05) is 0 Å². The molecule has 0 unspecified atom stereocenters. The molecular weight excluding hydrogens is 240 g/mol. The number of hydrogen-bond acceptors (Lipinski definition) is 5. The predicted molar refractivity (Wildman–Crippen MR) is 63.1 cm³/mol. The second-order valence-electron chi connectivity index (χ2n) is 3.20. The summed E-state index contributed by atoms with van der Waals surface area (Å²) in [6.45, 7) is 0. The van der Waals surface area contributed by atoms with Gasteiger partial charge in [0.1, 0.15) is 11.9 Å². The van der Waals surface area contributed by atoms with Crippen molar-refractivity contribution in [3.8, 4) is 5.75 Å². The van der Waals surface area contributed by atoms with Gasteiger partial charge in [-0.3, -0.25) is 15.1 Å². The fourth-order valence-corrected chi connectivity index (χ4v) is 2.21. The van der Waals surface area contributed by atoms with Crippen molar-refractivity contribution in [1.82, 2.24) is 4.98 Å². The maximum absolute atomic E-state index is 10.8. The molecule has 2 aromatic rings. The van der Waals surface area contributed by atoms with E-state index >= 15 is 0 Å². The molecule has 1 aromatic carbocycles. The summed E-state index contributed by atoms with van der Waals surface area (Å²) in [5.41, 5.74) is -0.0409. The molecule has 0 aliphatic heterocycles. The summed E-state index contributed by atoms with van der Waals surface area (Å²) < 4.78 is 0. The molecular formula is C11H8N2O3S. The zero-order valence-electron chi connectivity index (χ0n) is 8.61. The van der Waals surface area contributed by atoms with Crippen LogP contribution in [0.5, 0.6) is 5.75 Å². The molecule has 0 spiro atoms. The third-order valence-corrected chi connectivity index (χ3v) is 3.06. The van der Waals surface area contributed by atoms with Gasteiger partial charge in [-0.15, -0.1) is 0 Å². The van der Waals surface area contributed by atoms with E-state index in [2.05, 4.69) is 4.98 Å². The summed E-state index contributed by atoms with van der Waals surface area (Å²) in [5.74, 6) is 0.131. The minimum Gasteiger partial charge on any atom is -0.508 e. The van der Waals surface area contributed by atoms with E-state index in [1.165, 1.54) is 24.2 Å². The quantitative estimate of drug-likeness (QED) is 0.667. The monoisotopic (exact) mass is 248 g/mol. The third kappa shape index (κ3) is 2.73. The molecule has 0 amide bonds. The van der Waals surface area contributed by atoms with Crippen LogP contribution in [-0.2, 0) is 0 Å². The standard InChI is InChI=1S/C11H8N2O3S/c14-8-2-1-3-9(6-8)17-11-4-5-12-7-10(11)13(15)16/h1-7,14H. The molecule has 0 saturated carbocycles. The first-order chi connectivity index (χ1) is 8.16. The smallest absolute Gasteiger partial charge is 0.301 e. The number of phenolic OH excluding ortho intramolecular Hbond substituents is 1. The van der Waals surface area contributed by atoms with Gasteiger partial charge in [-0.05, 0) is 24.3 Å². The molecule has 17 heavy (non-hydrogen) atoms. The molecule has 86 valence electrons. The Hall–Kier alpha value is -2.08. The zero-order chi connectivity index (χ0) is 12.3. The summed E-state index contributed by atoms with van der Waals surface area (Å²) in [6, 6.07) is 8.13. The van der Waals surface area contributed by atoms with Crippen LogP contribution in [0.1, 0.15) is 0 Å². The Morgan fingerprint density at radius 2 is 2.18 bits per heavy atom. The highest BCUT2D eigenvalue weighted by molar-refractivity contribution is 7.99. The van der Waals surface area contributed by atoms with Crippen molar-refractivity contribution < 1.29 is 10.0 Å². The lowest BCUT2D eigenvalue weighted by molar-refractivity contribution is -0.388. The van der Waals surface area contributed by atoms with Gasteiger partial charge in [-0.1, -0.05) is 17.8 Å². The number of pyridine rings is 1. The summed E-state index contributed by atoms with van der Waals surface area (Å²) in [6.07, 6.45) is 2.71. The average Bonchev–Trinajstić information content (AvgIpc) is 2.29. The SMILES string of the molecule is O=[N+]([O-])c1cnccc1Sc1cccc(O)c1. The van der Waals surface area contributed by atoms with Crippen molar-refractivity contribution in [2.75, 3.05) is 0 Å². The van der Waals surface area contributed by atoms with E-state index in [0.29, 0.717) is 4.90 Å². The van der Waals surface area contributed by atoms with Crippen LogP contribution < -0.4 is 0 Å². The van der Waals surface area contributed by atoms with Gasteiger partial charge >= 0.3 is 5.69 Å². The molecule has 1 N–H and O–H groups in total. The van der Waals surface area contributed by atoms with Crippen LogP contribution in [0.25, 0.3) is 0 Å². The van der Waals surface area contributed by atoms with Gasteiger partial charge in [-0.2, -0.15) is 0 Å². The van der Waals surface area contributed by atoms with Gasteiger partial charge in [0.15, 0.2) is 0 Å². The Labute approximate surface area is 101 Å². The Kier molecular flexibility index (Phi) is 3.24. The van der Waals surface area contributed by atoms with Crippen LogP contribution in [0, 0.1) is 10.1 Å². The molecule has 2 rings (SSSR count). The highest BCUT2D eigenvalue weighted by Crippen LogP contribution is 2.34. The second kappa shape index (κ2) is 4.84. The van der Waals surface area contributed by atoms with Crippen molar-refractivity contribution in [3.05, 3.63) is 52.8 Å². The van der Waals surface area contributed by atoms with Gasteiger partial charge in [0, 0.05) is 11.1 Å². The van der Waals surface area contributed by atoms with Gasteiger partial charge in [0.2, 0.25) is 0 Å². The van der Waals surface area contributed by atoms with Crippen LogP contribution in [0.15, 0.2) is 52.5 Å². The highest BCUT2D eigenvalue weighted by Gasteiger charge is 2.14. The van der Waals surface area contributed by atoms with Gasteiger partial charge < -0.3 is 5.11 Å². The average molecular weight is 248 g/mol. The predicted octanol–water partition coefficient (Wildman–Crippen LogP) is 2.85. The fraction of sp³-hybridized carbons (Fsp3) is 0. The van der Waals surface area contributed by atoms with E-state index in [0.717, 1.165) is 4.90 Å². The number of hydrogen-bond donors (Lipinski definition) is 1. The molecule has 1 aromatic heterocycles. The van der Waals surface area contributed by atoms with Crippen LogP contribution in [-0.4, -0.2) is 15.0 Å². The number of benzene rings is 1. The molecule has 1 heterocycles. The first kappa shape index (κ1) is 11.4. The summed E-state index contributed by atoms with van der Waals surface area (Å²) in [7, 11) is 0. The third-order valence-electron chi connectivity index (χ3n) is 2.00. The maximum atomic E-state index is 10.8. The maximum Gasteiger partial charge on any atom is 0.301 e. The highest BCUT2D eigenvalue weighted by atomic mass is 32.2. The molecule has 0 saturated heterocycles. The van der Waals surface area contributed by atoms with Crippen molar-refractivity contribution in [1.29, 1.82) is 0 Å². The van der Waals surface area contributed by atoms with Crippen molar-refractivity contribution in [3.63, 3.8) is 0 Å². The molecule has 0 atom stereocenters. The molecule has 5 nitrogen and oxygen atoms in total. The minimum atomic E-state index is -0.474. The molecule has 0 aliphatic carbocycles. The lowest BCUT2D eigenvalue weighted by Gasteiger charge is -2.02. The largest absolute Gasteiger partial charge is 0.508 e. The van der Waals surface area contributed by atoms with Gasteiger partial charge in [0.05, 0.1) is 9.82 Å². The number of phenols is 1. The van der Waals surface area contributed by atoms with E-state index in [1.54, 1.807) is 30.3 Å². The van der Waals surface area contributed by atoms with Crippen LogP contribution in [0.3, 0.4) is 0 Å². The minimum absolute atomic E-state index is 0.0409. The topological polar surface area (TPSA) is 76.3 Å². The van der Waals surface area contributed by atoms with E-state index in [4.69, 9.17) is 0 Å². The van der Waals surface area contributed by atoms with Crippen LogP contribution >= 0.6 is 11.8 Å². The molecule has 6 heteroatoms. The Morgan fingerprint density at radius 3 is 2.88 bits per heavy atom. The zero-order valence-corrected chi connectivity index (χ0v) is 9.42. The number of rotatable bonds is 3. The molecule has 0 fully saturated rings. The summed E-state index contributed by atoms with van der Waals surface area (Å²) >= 11 is 1.22. The first-order valence-corrected chi connectivity index (χ1v) is 5.54. The number of nitrogens with zero attached hydrogens (tertiary/aromatic N) is 2. The lowest BCUT2D eigenvalue weighted by Crippen LogP contribution is -1.91. The van der Waals surface area contributed by atoms with E-state index in [-0.39, 0.29) is 11.4 Å². The normalized spacial score (nSPS) is 10.1. The summed E-state index contributed by atoms with van der Waals surface area (Å²) in [4.78, 5) is 15.3. The molecule has 0 aliphatic rings. The second-order valence-corrected chi connectivity index (χ2v) is 4.32. The molecule has 0 bridgehead atoms. The number of aromatic nitrogens is 1. The van der Waals surface area contributed by atoms with Crippen LogP contribution in [0.4, 0.5) is 5.69 Å². The number of nitro groups is 1. The van der Waals surface area contributed by atoms with Crippen molar-refractivity contribution in [2.45, 2.75) is 9.79 Å². The van der Waals surface area contributed by atoms with Gasteiger partial charge in [0.25, 0.3) is 0 Å². The van der Waals surface area contributed by atoms with Gasteiger partial charge in [-0.25, -0.2) is 0 Å². The Bertz CT molecular complexity index is 560. The Balaban J connectivity index is 2.33. The first-order valence-electron chi connectivity index (χ1n) is 4.72. The Morgan fingerprint density at radius 1 is 1.35 bits per heavy atom. The van der Waals surface area contributed by atoms with Crippen molar-refractivity contribution >= 4 is 17.4 Å². The van der Waals surface area contributed by atoms with Crippen molar-refractivity contribution in [2.24, 2.45) is 0 Å². The lowest BCUT2D eigenvalue weighted by atomic mass is 10.3. The van der Waals surface area contributed by atoms with E-state index < -0.39 is 4.92 Å². The molecule has 0 radical (unpaired) electrons. The fourth-order valence-electron chi connectivity index (χ4n) is 1.27. The van der Waals surface area contributed by atoms with E-state index in [9.17, 15) is 15.2 Å². The van der Waals surface area contributed by atoms with Crippen LogP contribution in [0.2, 0.25) is 0 Å². The number of aromatic hydroxyl groups is 1.